The highest BCUT2D eigenvalue weighted by atomic mass is 16.5. The number of aliphatic hydroxyl groups excluding tert-OH is 1. The van der Waals surface area contributed by atoms with Crippen molar-refractivity contribution in [3.8, 4) is 0 Å². The fraction of sp³-hybridized carbons (Fsp3) is 0.739. The van der Waals surface area contributed by atoms with Crippen LogP contribution in [0.4, 0.5) is 0 Å². The predicted molar refractivity (Wildman–Crippen MR) is 102 cm³/mol. The van der Waals surface area contributed by atoms with E-state index in [-0.39, 0.29) is 46.9 Å². The quantitative estimate of drug-likeness (QED) is 0.713. The van der Waals surface area contributed by atoms with E-state index in [9.17, 15) is 19.8 Å². The molecule has 5 rings (SSSR count). The minimum Gasteiger partial charge on any atom is -0.458 e. The summed E-state index contributed by atoms with van der Waals surface area (Å²) in [6.45, 7) is 2.63. The van der Waals surface area contributed by atoms with Crippen LogP contribution in [0, 0.1) is 28.6 Å². The summed E-state index contributed by atoms with van der Waals surface area (Å²) in [6.07, 6.45) is 9.75. The van der Waals surface area contributed by atoms with Gasteiger partial charge in [0, 0.05) is 23.3 Å². The number of rotatable bonds is 2. The van der Waals surface area contributed by atoms with Crippen LogP contribution >= 0.6 is 0 Å². The van der Waals surface area contributed by atoms with Crippen molar-refractivity contribution in [1.29, 1.82) is 0 Å². The molecule has 3 saturated carbocycles. The molecule has 5 heteroatoms. The topological polar surface area (TPSA) is 83.8 Å². The highest BCUT2D eigenvalue weighted by Gasteiger charge is 2.67. The van der Waals surface area contributed by atoms with Gasteiger partial charge in [0.15, 0.2) is 5.78 Å². The zero-order chi connectivity index (χ0) is 19.7. The van der Waals surface area contributed by atoms with Gasteiger partial charge < -0.3 is 14.9 Å². The Kier molecular flexibility index (Phi) is 3.99. The second kappa shape index (κ2) is 6.02. The van der Waals surface area contributed by atoms with Gasteiger partial charge in [-0.2, -0.15) is 0 Å². The Balaban J connectivity index is 1.52. The Morgan fingerprint density at radius 2 is 1.89 bits per heavy atom. The first-order chi connectivity index (χ1) is 13.3. The number of esters is 1. The molecular weight excluding hydrogens is 356 g/mol. The van der Waals surface area contributed by atoms with Crippen LogP contribution in [0.3, 0.4) is 0 Å². The summed E-state index contributed by atoms with van der Waals surface area (Å²) in [4.78, 5) is 23.6. The third kappa shape index (κ3) is 2.20. The van der Waals surface area contributed by atoms with Crippen molar-refractivity contribution in [3.63, 3.8) is 0 Å². The first-order valence-corrected chi connectivity index (χ1v) is 10.8. The molecule has 1 aliphatic heterocycles. The molecule has 0 bridgehead atoms. The highest BCUT2D eigenvalue weighted by molar-refractivity contribution is 5.91. The number of hydrogen-bond acceptors (Lipinski definition) is 5. The average molecular weight is 386 g/mol. The van der Waals surface area contributed by atoms with E-state index in [2.05, 4.69) is 6.92 Å². The standard InChI is InChI=1S/C23H30O5/c1-21-7-5-18-19(3-2-15-11-16(25)4-8-22(15,18)13-24)23(21,27)9-6-17(21)14-10-20(26)28-12-14/h10-11,17-19,24,27H,2-9,12-13H2,1H3/t17-,18+,19-,21-,22-,23+/m1/s1. The Morgan fingerprint density at radius 1 is 1.07 bits per heavy atom. The number of carbonyl (C=O) groups is 2. The first kappa shape index (κ1) is 18.6. The van der Waals surface area contributed by atoms with Gasteiger partial charge >= 0.3 is 5.97 Å². The van der Waals surface area contributed by atoms with Gasteiger partial charge in [-0.15, -0.1) is 0 Å². The number of ether oxygens (including phenoxy) is 1. The summed E-state index contributed by atoms with van der Waals surface area (Å²) in [6, 6.07) is 0. The van der Waals surface area contributed by atoms with E-state index in [4.69, 9.17) is 4.74 Å². The third-order valence-corrected chi connectivity index (χ3v) is 9.29. The molecule has 0 aromatic carbocycles. The lowest BCUT2D eigenvalue weighted by Crippen LogP contribution is -2.62. The number of ketones is 1. The minimum absolute atomic E-state index is 0.0665. The van der Waals surface area contributed by atoms with Crippen molar-refractivity contribution in [2.75, 3.05) is 13.2 Å². The van der Waals surface area contributed by atoms with Gasteiger partial charge in [-0.3, -0.25) is 4.79 Å². The van der Waals surface area contributed by atoms with Crippen LogP contribution in [0.25, 0.3) is 0 Å². The van der Waals surface area contributed by atoms with Crippen LogP contribution in [0.15, 0.2) is 23.3 Å². The van der Waals surface area contributed by atoms with Gasteiger partial charge in [0.2, 0.25) is 0 Å². The van der Waals surface area contributed by atoms with Gasteiger partial charge in [-0.1, -0.05) is 12.5 Å². The summed E-state index contributed by atoms with van der Waals surface area (Å²) >= 11 is 0. The molecule has 28 heavy (non-hydrogen) atoms. The van der Waals surface area contributed by atoms with E-state index < -0.39 is 5.60 Å². The summed E-state index contributed by atoms with van der Waals surface area (Å²) in [5.41, 5.74) is 0.765. The second-order valence-electron chi connectivity index (χ2n) is 10.0. The van der Waals surface area contributed by atoms with Gasteiger partial charge in [0.25, 0.3) is 0 Å². The van der Waals surface area contributed by atoms with Crippen molar-refractivity contribution in [3.05, 3.63) is 23.3 Å². The summed E-state index contributed by atoms with van der Waals surface area (Å²) in [5.74, 6) is 0.446. The minimum atomic E-state index is -0.789. The molecule has 0 saturated heterocycles. The number of carbonyl (C=O) groups excluding carboxylic acids is 2. The largest absolute Gasteiger partial charge is 0.458 e. The molecule has 3 fully saturated rings. The van der Waals surface area contributed by atoms with E-state index in [0.717, 1.165) is 49.7 Å². The zero-order valence-corrected chi connectivity index (χ0v) is 16.6. The number of aliphatic hydroxyl groups is 2. The molecule has 0 radical (unpaired) electrons. The lowest BCUT2D eigenvalue weighted by Gasteiger charge is -2.62. The molecule has 0 aromatic heterocycles. The van der Waals surface area contributed by atoms with E-state index in [1.54, 1.807) is 12.2 Å². The number of fused-ring (bicyclic) bond motifs is 5. The van der Waals surface area contributed by atoms with E-state index in [0.29, 0.717) is 19.4 Å². The lowest BCUT2D eigenvalue weighted by atomic mass is 9.44. The van der Waals surface area contributed by atoms with Gasteiger partial charge in [0.05, 0.1) is 12.2 Å². The van der Waals surface area contributed by atoms with Crippen LogP contribution in [0.2, 0.25) is 0 Å². The number of hydrogen-bond donors (Lipinski definition) is 2. The maximum Gasteiger partial charge on any atom is 0.331 e. The van der Waals surface area contributed by atoms with Crippen LogP contribution in [-0.2, 0) is 14.3 Å². The SMILES string of the molecule is C[C@]12CC[C@H]3[C@@H](CCC4=CC(=O)CC[C@@]43CO)[C@@]1(O)CC[C@@H]2C1=CC(=O)OC1. The molecule has 0 spiro atoms. The molecule has 2 N–H and O–H groups in total. The summed E-state index contributed by atoms with van der Waals surface area (Å²) in [7, 11) is 0. The molecule has 5 nitrogen and oxygen atoms in total. The monoisotopic (exact) mass is 386 g/mol. The molecule has 1 heterocycles. The Bertz CT molecular complexity index is 797. The maximum absolute atomic E-state index is 12.1. The Morgan fingerprint density at radius 3 is 2.61 bits per heavy atom. The van der Waals surface area contributed by atoms with Crippen molar-refractivity contribution in [2.24, 2.45) is 28.6 Å². The molecule has 5 aliphatic rings. The third-order valence-electron chi connectivity index (χ3n) is 9.29. The average Bonchev–Trinajstić information content (AvgIpc) is 3.22. The molecule has 0 amide bonds. The van der Waals surface area contributed by atoms with E-state index in [1.807, 2.05) is 0 Å². The molecule has 4 aliphatic carbocycles. The Hall–Kier alpha value is -1.46. The van der Waals surface area contributed by atoms with Crippen LogP contribution < -0.4 is 0 Å². The predicted octanol–water partition coefficient (Wildman–Crippen LogP) is 2.71. The summed E-state index contributed by atoms with van der Waals surface area (Å²) < 4.78 is 5.17. The Labute approximate surface area is 165 Å². The van der Waals surface area contributed by atoms with Gasteiger partial charge in [-0.05, 0) is 74.3 Å². The first-order valence-electron chi connectivity index (χ1n) is 10.8. The maximum atomic E-state index is 12.1. The number of cyclic esters (lactones) is 1. The second-order valence-corrected chi connectivity index (χ2v) is 10.0. The lowest BCUT2D eigenvalue weighted by molar-refractivity contribution is -0.187. The van der Waals surface area contributed by atoms with Gasteiger partial charge in [0.1, 0.15) is 6.61 Å². The molecular formula is C23H30O5. The highest BCUT2D eigenvalue weighted by Crippen LogP contribution is 2.69. The normalized spacial score (nSPS) is 47.6. The van der Waals surface area contributed by atoms with Crippen LogP contribution in [0.5, 0.6) is 0 Å². The molecule has 152 valence electrons. The molecule has 0 aromatic rings. The molecule has 0 unspecified atom stereocenters. The van der Waals surface area contributed by atoms with Gasteiger partial charge in [-0.25, -0.2) is 4.79 Å². The van der Waals surface area contributed by atoms with Crippen molar-refractivity contribution in [2.45, 2.75) is 63.9 Å². The zero-order valence-electron chi connectivity index (χ0n) is 16.6. The van der Waals surface area contributed by atoms with E-state index >= 15 is 0 Å². The molecule has 6 atom stereocenters. The van der Waals surface area contributed by atoms with Crippen LogP contribution in [0.1, 0.15) is 58.3 Å². The smallest absolute Gasteiger partial charge is 0.331 e. The van der Waals surface area contributed by atoms with Crippen molar-refractivity contribution >= 4 is 11.8 Å². The fourth-order valence-electron chi connectivity index (χ4n) is 7.82. The summed E-state index contributed by atoms with van der Waals surface area (Å²) in [5, 5.41) is 22.5. The fourth-order valence-corrected chi connectivity index (χ4v) is 7.82. The van der Waals surface area contributed by atoms with Crippen molar-refractivity contribution < 1.29 is 24.5 Å². The van der Waals surface area contributed by atoms with E-state index in [1.165, 1.54) is 0 Å². The van der Waals surface area contributed by atoms with Crippen LogP contribution in [-0.4, -0.2) is 40.8 Å². The van der Waals surface area contributed by atoms with Crippen molar-refractivity contribution in [1.82, 2.24) is 0 Å².